The zero-order valence-electron chi connectivity index (χ0n) is 10.8. The van der Waals surface area contributed by atoms with Gasteiger partial charge in [-0.05, 0) is 48.6 Å². The average molecular weight is 259 g/mol. The molecule has 1 aromatic heterocycles. The number of halogens is 1. The third kappa shape index (κ3) is 3.04. The molecule has 0 amide bonds. The molecule has 0 saturated heterocycles. The molecule has 1 heterocycles. The number of hydrogen-bond donors (Lipinski definition) is 1. The molecule has 1 aromatic carbocycles. The van der Waals surface area contributed by atoms with Crippen molar-refractivity contribution in [1.29, 1.82) is 0 Å². The predicted molar refractivity (Wildman–Crippen MR) is 72.6 cm³/mol. The lowest BCUT2D eigenvalue weighted by atomic mass is 9.76. The zero-order valence-corrected chi connectivity index (χ0v) is 10.8. The Hall–Kier alpha value is -1.61. The van der Waals surface area contributed by atoms with Gasteiger partial charge < -0.3 is 9.73 Å². The summed E-state index contributed by atoms with van der Waals surface area (Å²) < 4.78 is 18.4. The van der Waals surface area contributed by atoms with Crippen LogP contribution in [0.2, 0.25) is 0 Å². The second kappa shape index (κ2) is 5.57. The van der Waals surface area contributed by atoms with Gasteiger partial charge in [0.1, 0.15) is 11.6 Å². The smallest absolute Gasteiger partial charge is 0.123 e. The van der Waals surface area contributed by atoms with Crippen LogP contribution in [0.25, 0.3) is 0 Å². The van der Waals surface area contributed by atoms with Crippen molar-refractivity contribution in [2.45, 2.75) is 31.2 Å². The molecule has 100 valence electrons. The molecule has 0 radical (unpaired) electrons. The molecule has 0 bridgehead atoms. The van der Waals surface area contributed by atoms with Crippen molar-refractivity contribution in [2.75, 3.05) is 6.54 Å². The molecule has 2 aromatic rings. The number of hydrogen-bond acceptors (Lipinski definition) is 2. The molecule has 3 heteroatoms. The molecule has 1 aliphatic rings. The van der Waals surface area contributed by atoms with E-state index in [2.05, 4.69) is 5.32 Å². The van der Waals surface area contributed by atoms with Crippen LogP contribution in [0.3, 0.4) is 0 Å². The van der Waals surface area contributed by atoms with Gasteiger partial charge in [-0.2, -0.15) is 0 Å². The predicted octanol–water partition coefficient (Wildman–Crippen LogP) is 3.50. The third-order valence-electron chi connectivity index (χ3n) is 3.84. The van der Waals surface area contributed by atoms with E-state index in [0.717, 1.165) is 37.1 Å². The van der Waals surface area contributed by atoms with Crippen LogP contribution in [0.5, 0.6) is 0 Å². The van der Waals surface area contributed by atoms with Gasteiger partial charge >= 0.3 is 0 Å². The molecular weight excluding hydrogens is 241 g/mol. The first-order valence-electron chi connectivity index (χ1n) is 6.82. The minimum atomic E-state index is -0.133. The summed E-state index contributed by atoms with van der Waals surface area (Å²) in [5, 5.41) is 3.52. The van der Waals surface area contributed by atoms with Crippen LogP contribution in [-0.2, 0) is 6.42 Å². The average Bonchev–Trinajstić information content (AvgIpc) is 2.85. The van der Waals surface area contributed by atoms with Crippen molar-refractivity contribution >= 4 is 0 Å². The molecule has 3 rings (SSSR count). The highest BCUT2D eigenvalue weighted by atomic mass is 19.1. The van der Waals surface area contributed by atoms with Crippen LogP contribution < -0.4 is 5.32 Å². The lowest BCUT2D eigenvalue weighted by Crippen LogP contribution is -2.40. The molecule has 1 fully saturated rings. The van der Waals surface area contributed by atoms with E-state index in [9.17, 15) is 4.39 Å². The fourth-order valence-corrected chi connectivity index (χ4v) is 2.67. The normalized spacial score (nSPS) is 22.2. The fourth-order valence-electron chi connectivity index (χ4n) is 2.67. The molecule has 2 nitrogen and oxygen atoms in total. The summed E-state index contributed by atoms with van der Waals surface area (Å²) in [6, 6.07) is 11.4. The quantitative estimate of drug-likeness (QED) is 0.889. The minimum Gasteiger partial charge on any atom is -0.469 e. The highest BCUT2D eigenvalue weighted by Crippen LogP contribution is 2.36. The van der Waals surface area contributed by atoms with E-state index in [1.165, 1.54) is 6.07 Å². The second-order valence-electron chi connectivity index (χ2n) is 5.20. The summed E-state index contributed by atoms with van der Waals surface area (Å²) in [6.07, 6.45) is 4.83. The summed E-state index contributed by atoms with van der Waals surface area (Å²) in [4.78, 5) is 0. The van der Waals surface area contributed by atoms with E-state index >= 15 is 0 Å². The lowest BCUT2D eigenvalue weighted by molar-refractivity contribution is 0.290. The Morgan fingerprint density at radius 1 is 1.21 bits per heavy atom. The summed E-state index contributed by atoms with van der Waals surface area (Å²) >= 11 is 0. The van der Waals surface area contributed by atoms with Gasteiger partial charge in [0, 0.05) is 19.0 Å². The lowest BCUT2D eigenvalue weighted by Gasteiger charge is -2.36. The summed E-state index contributed by atoms with van der Waals surface area (Å²) in [7, 11) is 0. The maximum atomic E-state index is 13.1. The first-order chi connectivity index (χ1) is 9.31. The first-order valence-corrected chi connectivity index (χ1v) is 6.82. The molecule has 0 spiro atoms. The molecule has 0 aliphatic heterocycles. The van der Waals surface area contributed by atoms with Gasteiger partial charge in [0.2, 0.25) is 0 Å². The molecule has 0 atom stereocenters. The Labute approximate surface area is 112 Å². The van der Waals surface area contributed by atoms with E-state index < -0.39 is 0 Å². The molecule has 19 heavy (non-hydrogen) atoms. The van der Waals surface area contributed by atoms with Crippen LogP contribution in [0.15, 0.2) is 47.1 Å². The Balaban J connectivity index is 1.41. The van der Waals surface area contributed by atoms with Gasteiger partial charge in [0.05, 0.1) is 6.26 Å². The van der Waals surface area contributed by atoms with Crippen LogP contribution in [-0.4, -0.2) is 12.6 Å². The van der Waals surface area contributed by atoms with Crippen molar-refractivity contribution in [3.8, 4) is 0 Å². The summed E-state index contributed by atoms with van der Waals surface area (Å²) in [5.41, 5.74) is 1.13. The largest absolute Gasteiger partial charge is 0.469 e. The Kier molecular flexibility index (Phi) is 3.65. The summed E-state index contributed by atoms with van der Waals surface area (Å²) in [5.74, 6) is 1.40. The highest BCUT2D eigenvalue weighted by molar-refractivity contribution is 5.23. The van der Waals surface area contributed by atoms with Crippen molar-refractivity contribution in [2.24, 2.45) is 0 Å². The monoisotopic (exact) mass is 259 g/mol. The Morgan fingerprint density at radius 3 is 2.84 bits per heavy atom. The maximum absolute atomic E-state index is 13.1. The Morgan fingerprint density at radius 2 is 2.11 bits per heavy atom. The number of rotatable bonds is 5. The standard InChI is InChI=1S/C16H18FNO/c17-14-4-1-3-12(9-14)13-10-15(11-13)18-7-6-16-5-2-8-19-16/h1-5,8-9,13,15,18H,6-7,10-11H2. The van der Waals surface area contributed by atoms with Crippen molar-refractivity contribution in [3.63, 3.8) is 0 Å². The van der Waals surface area contributed by atoms with E-state index in [-0.39, 0.29) is 5.82 Å². The van der Waals surface area contributed by atoms with Crippen molar-refractivity contribution in [3.05, 3.63) is 59.8 Å². The molecule has 0 unspecified atom stereocenters. The van der Waals surface area contributed by atoms with Gasteiger partial charge in [-0.1, -0.05) is 12.1 Å². The van der Waals surface area contributed by atoms with Crippen molar-refractivity contribution < 1.29 is 8.81 Å². The molecule has 1 N–H and O–H groups in total. The SMILES string of the molecule is Fc1cccc(C2CC(NCCc3ccco3)C2)c1. The zero-order chi connectivity index (χ0) is 13.1. The maximum Gasteiger partial charge on any atom is 0.123 e. The first kappa shape index (κ1) is 12.4. The molecule has 1 aliphatic carbocycles. The third-order valence-corrected chi connectivity index (χ3v) is 3.84. The van der Waals surface area contributed by atoms with Crippen molar-refractivity contribution in [1.82, 2.24) is 5.32 Å². The second-order valence-corrected chi connectivity index (χ2v) is 5.20. The Bertz CT molecular complexity index is 517. The highest BCUT2D eigenvalue weighted by Gasteiger charge is 2.29. The van der Waals surface area contributed by atoms with E-state index in [4.69, 9.17) is 4.42 Å². The van der Waals surface area contributed by atoms with Gasteiger partial charge in [0.25, 0.3) is 0 Å². The van der Waals surface area contributed by atoms with E-state index in [1.54, 1.807) is 18.4 Å². The van der Waals surface area contributed by atoms with Crippen LogP contribution in [0.1, 0.15) is 30.1 Å². The molecular formula is C16H18FNO. The fraction of sp³-hybridized carbons (Fsp3) is 0.375. The van der Waals surface area contributed by atoms with Gasteiger partial charge in [-0.15, -0.1) is 0 Å². The van der Waals surface area contributed by atoms with E-state index in [0.29, 0.717) is 12.0 Å². The number of nitrogens with one attached hydrogen (secondary N) is 1. The van der Waals surface area contributed by atoms with Crippen LogP contribution in [0.4, 0.5) is 4.39 Å². The summed E-state index contributed by atoms with van der Waals surface area (Å²) in [6.45, 7) is 0.939. The van der Waals surface area contributed by atoms with E-state index in [1.807, 2.05) is 18.2 Å². The topological polar surface area (TPSA) is 25.2 Å². The number of furan rings is 1. The van der Waals surface area contributed by atoms with Gasteiger partial charge in [0.15, 0.2) is 0 Å². The van der Waals surface area contributed by atoms with Crippen LogP contribution in [0, 0.1) is 5.82 Å². The minimum absolute atomic E-state index is 0.133. The van der Waals surface area contributed by atoms with Gasteiger partial charge in [-0.3, -0.25) is 0 Å². The van der Waals surface area contributed by atoms with Crippen LogP contribution >= 0.6 is 0 Å². The number of benzene rings is 1. The van der Waals surface area contributed by atoms with Gasteiger partial charge in [-0.25, -0.2) is 4.39 Å². The molecule has 1 saturated carbocycles.